The number of rotatable bonds is 6. The average molecular weight is 517 g/mol. The summed E-state index contributed by atoms with van der Waals surface area (Å²) >= 11 is 1.49. The van der Waals surface area contributed by atoms with Gasteiger partial charge in [-0.25, -0.2) is 19.9 Å². The number of aryl methyl sites for hydroxylation is 2. The SMILES string of the molecule is CN=Cc1cnc(N2CCN(C(=O)c3ccc(Nc4nc(-c5cc(C)nn5C)cs4)nc3)[C@H](C)C2)nc1. The van der Waals surface area contributed by atoms with Crippen molar-refractivity contribution in [2.45, 2.75) is 19.9 Å². The number of amides is 1. The number of thiazole rings is 1. The fourth-order valence-electron chi connectivity index (χ4n) is 4.32. The van der Waals surface area contributed by atoms with Crippen molar-refractivity contribution < 1.29 is 4.79 Å². The number of nitrogens with one attached hydrogen (secondary N) is 1. The number of carbonyl (C=O) groups is 1. The van der Waals surface area contributed by atoms with Gasteiger partial charge in [0.1, 0.15) is 11.5 Å². The summed E-state index contributed by atoms with van der Waals surface area (Å²) in [5, 5.41) is 10.3. The van der Waals surface area contributed by atoms with Gasteiger partial charge >= 0.3 is 0 Å². The fourth-order valence-corrected chi connectivity index (χ4v) is 5.03. The van der Waals surface area contributed by atoms with Crippen molar-refractivity contribution >= 4 is 40.4 Å². The zero-order chi connectivity index (χ0) is 25.9. The maximum atomic E-state index is 13.2. The molecule has 4 aromatic heterocycles. The van der Waals surface area contributed by atoms with Gasteiger partial charge in [-0.15, -0.1) is 11.3 Å². The molecule has 12 heteroatoms. The number of hydrogen-bond acceptors (Lipinski definition) is 10. The van der Waals surface area contributed by atoms with Crippen molar-refractivity contribution in [2.75, 3.05) is 36.9 Å². The van der Waals surface area contributed by atoms with E-state index in [2.05, 4.69) is 40.2 Å². The van der Waals surface area contributed by atoms with Crippen molar-refractivity contribution in [3.05, 3.63) is 59.0 Å². The van der Waals surface area contributed by atoms with Gasteiger partial charge in [0.15, 0.2) is 5.13 Å². The Morgan fingerprint density at radius 1 is 1.19 bits per heavy atom. The van der Waals surface area contributed by atoms with Crippen molar-refractivity contribution in [3.8, 4) is 11.4 Å². The third-order valence-electron chi connectivity index (χ3n) is 6.12. The first kappa shape index (κ1) is 24.5. The van der Waals surface area contributed by atoms with Gasteiger partial charge in [0.25, 0.3) is 5.91 Å². The summed E-state index contributed by atoms with van der Waals surface area (Å²) in [7, 11) is 3.62. The Hall–Kier alpha value is -4.19. The average Bonchev–Trinajstić information content (AvgIpc) is 3.49. The van der Waals surface area contributed by atoms with Gasteiger partial charge < -0.3 is 15.1 Å². The second-order valence-corrected chi connectivity index (χ2v) is 9.74. The minimum Gasteiger partial charge on any atom is -0.337 e. The van der Waals surface area contributed by atoms with Gasteiger partial charge in [0.05, 0.1) is 17.0 Å². The number of carbonyl (C=O) groups excluding carboxylic acids is 1. The molecule has 0 bridgehead atoms. The monoisotopic (exact) mass is 516 g/mol. The first-order valence-corrected chi connectivity index (χ1v) is 12.8. The molecule has 5 heterocycles. The van der Waals surface area contributed by atoms with Gasteiger partial charge in [-0.3, -0.25) is 14.5 Å². The molecule has 1 atom stereocenters. The second kappa shape index (κ2) is 10.4. The molecule has 0 aliphatic carbocycles. The highest BCUT2D eigenvalue weighted by Gasteiger charge is 2.29. The molecule has 1 aliphatic rings. The maximum absolute atomic E-state index is 13.2. The van der Waals surface area contributed by atoms with Crippen molar-refractivity contribution in [2.24, 2.45) is 12.0 Å². The van der Waals surface area contributed by atoms with E-state index in [0.29, 0.717) is 37.0 Å². The molecule has 0 unspecified atom stereocenters. The quantitative estimate of drug-likeness (QED) is 0.388. The summed E-state index contributed by atoms with van der Waals surface area (Å²) < 4.78 is 1.82. The Kier molecular flexibility index (Phi) is 6.91. The third kappa shape index (κ3) is 5.33. The van der Waals surface area contributed by atoms with Crippen LogP contribution in [0, 0.1) is 6.92 Å². The predicted molar refractivity (Wildman–Crippen MR) is 145 cm³/mol. The third-order valence-corrected chi connectivity index (χ3v) is 6.88. The lowest BCUT2D eigenvalue weighted by Gasteiger charge is -2.39. The van der Waals surface area contributed by atoms with Crippen LogP contribution in [-0.2, 0) is 7.05 Å². The molecule has 37 heavy (non-hydrogen) atoms. The van der Waals surface area contributed by atoms with E-state index in [4.69, 9.17) is 0 Å². The van der Waals surface area contributed by atoms with E-state index < -0.39 is 0 Å². The van der Waals surface area contributed by atoms with Gasteiger partial charge in [-0.2, -0.15) is 5.10 Å². The van der Waals surface area contributed by atoms with E-state index in [0.717, 1.165) is 27.8 Å². The molecule has 1 aliphatic heterocycles. The number of hydrogen-bond donors (Lipinski definition) is 1. The van der Waals surface area contributed by atoms with Crippen LogP contribution in [-0.4, -0.2) is 79.5 Å². The van der Waals surface area contributed by atoms with Crippen LogP contribution in [0.5, 0.6) is 0 Å². The van der Waals surface area contributed by atoms with Gasteiger partial charge in [0, 0.05) is 75.5 Å². The molecule has 1 saturated heterocycles. The molecule has 0 saturated carbocycles. The van der Waals surface area contributed by atoms with Crippen LogP contribution in [0.4, 0.5) is 16.9 Å². The van der Waals surface area contributed by atoms with Gasteiger partial charge in [-0.1, -0.05) is 0 Å². The first-order chi connectivity index (χ1) is 17.9. The van der Waals surface area contributed by atoms with Gasteiger partial charge in [0.2, 0.25) is 5.95 Å². The smallest absolute Gasteiger partial charge is 0.255 e. The number of aromatic nitrogens is 6. The Balaban J connectivity index is 1.20. The van der Waals surface area contributed by atoms with Gasteiger partial charge in [-0.05, 0) is 32.0 Å². The molecule has 5 rings (SSSR count). The normalized spacial score (nSPS) is 15.9. The van der Waals surface area contributed by atoms with E-state index >= 15 is 0 Å². The Labute approximate surface area is 218 Å². The van der Waals surface area contributed by atoms with Crippen LogP contribution in [0.25, 0.3) is 11.4 Å². The highest BCUT2D eigenvalue weighted by molar-refractivity contribution is 7.14. The number of anilines is 3. The van der Waals surface area contributed by atoms with Crippen molar-refractivity contribution in [1.29, 1.82) is 0 Å². The Morgan fingerprint density at radius 3 is 2.65 bits per heavy atom. The fraction of sp³-hybridized carbons (Fsp3) is 0.320. The van der Waals surface area contributed by atoms with E-state index in [1.807, 2.05) is 41.9 Å². The lowest BCUT2D eigenvalue weighted by Crippen LogP contribution is -2.54. The minimum atomic E-state index is -0.0373. The highest BCUT2D eigenvalue weighted by atomic mass is 32.1. The lowest BCUT2D eigenvalue weighted by atomic mass is 10.1. The maximum Gasteiger partial charge on any atom is 0.255 e. The standard InChI is InChI=1S/C25H28N10OS/c1-16-9-21(33(4)32-16)20-15-37-25(30-20)31-22-6-5-19(13-27-22)23(36)35-8-7-34(14-17(35)2)24-28-11-18(10-26-3)12-29-24/h5-6,9-13,15,17H,7-8,14H2,1-4H3,(H,27,30,31)/t17-/m1/s1. The second-order valence-electron chi connectivity index (χ2n) is 8.89. The predicted octanol–water partition coefficient (Wildman–Crippen LogP) is 3.18. The summed E-state index contributed by atoms with van der Waals surface area (Å²) in [6, 6.07) is 5.61. The molecule has 190 valence electrons. The molecule has 4 aromatic rings. The first-order valence-electron chi connectivity index (χ1n) is 11.9. The van der Waals surface area contributed by atoms with E-state index in [1.54, 1.807) is 44.0 Å². The van der Waals surface area contributed by atoms with Crippen LogP contribution >= 0.6 is 11.3 Å². The largest absolute Gasteiger partial charge is 0.337 e. The zero-order valence-corrected chi connectivity index (χ0v) is 22.0. The summed E-state index contributed by atoms with van der Waals surface area (Å²) in [5.74, 6) is 1.25. The highest BCUT2D eigenvalue weighted by Crippen LogP contribution is 2.27. The molecule has 0 aromatic carbocycles. The molecule has 1 amide bonds. The molecule has 0 spiro atoms. The van der Waals surface area contributed by atoms with E-state index in [1.165, 1.54) is 11.3 Å². The molecular weight excluding hydrogens is 488 g/mol. The summed E-state index contributed by atoms with van der Waals surface area (Å²) in [4.78, 5) is 39.2. The number of aliphatic imine (C=N–C) groups is 1. The summed E-state index contributed by atoms with van der Waals surface area (Å²) in [6.07, 6.45) is 6.84. The Morgan fingerprint density at radius 2 is 2.00 bits per heavy atom. The van der Waals surface area contributed by atoms with Crippen LogP contribution in [0.3, 0.4) is 0 Å². The van der Waals surface area contributed by atoms with Crippen LogP contribution < -0.4 is 10.2 Å². The molecule has 1 fully saturated rings. The zero-order valence-electron chi connectivity index (χ0n) is 21.2. The van der Waals surface area contributed by atoms with Crippen LogP contribution in [0.2, 0.25) is 0 Å². The number of piperazine rings is 1. The van der Waals surface area contributed by atoms with Crippen LogP contribution in [0.15, 0.2) is 47.2 Å². The van der Waals surface area contributed by atoms with Crippen LogP contribution in [0.1, 0.15) is 28.5 Å². The topological polar surface area (TPSA) is 117 Å². The van der Waals surface area contributed by atoms with E-state index in [9.17, 15) is 4.79 Å². The lowest BCUT2D eigenvalue weighted by molar-refractivity contribution is 0.0673. The Bertz CT molecular complexity index is 1410. The molecule has 11 nitrogen and oxygen atoms in total. The van der Waals surface area contributed by atoms with Crippen molar-refractivity contribution in [1.82, 2.24) is 34.6 Å². The number of pyridine rings is 1. The summed E-state index contributed by atoms with van der Waals surface area (Å²) in [5.41, 5.74) is 4.17. The van der Waals surface area contributed by atoms with Crippen molar-refractivity contribution in [3.63, 3.8) is 0 Å². The number of nitrogens with zero attached hydrogens (tertiary/aromatic N) is 9. The van der Waals surface area contributed by atoms with E-state index in [-0.39, 0.29) is 11.9 Å². The summed E-state index contributed by atoms with van der Waals surface area (Å²) in [6.45, 7) is 5.89. The molecular formula is C25H28N10OS. The molecule has 0 radical (unpaired) electrons. The minimum absolute atomic E-state index is 0.00362. The molecule has 1 N–H and O–H groups in total.